The van der Waals surface area contributed by atoms with Crippen molar-refractivity contribution in [3.05, 3.63) is 38.2 Å². The minimum atomic E-state index is -0.199. The first-order chi connectivity index (χ1) is 8.60. The maximum Gasteiger partial charge on any atom is 0.350 e. The molecule has 18 heavy (non-hydrogen) atoms. The highest BCUT2D eigenvalue weighted by Gasteiger charge is 2.17. The van der Waals surface area contributed by atoms with Crippen LogP contribution in [0, 0.1) is 0 Å². The molecular weight excluding hydrogens is 364 g/mol. The third-order valence-corrected chi connectivity index (χ3v) is 3.58. The average Bonchev–Trinajstić information content (AvgIpc) is 2.64. The van der Waals surface area contributed by atoms with E-state index in [0.29, 0.717) is 21.3 Å². The Morgan fingerprint density at radius 2 is 2.11 bits per heavy atom. The van der Waals surface area contributed by atoms with Crippen LogP contribution >= 0.6 is 31.9 Å². The Balaban J connectivity index is 2.83. The Hall–Kier alpha value is -0.950. The zero-order chi connectivity index (χ0) is 13.3. The summed E-state index contributed by atoms with van der Waals surface area (Å²) in [5.74, 6) is 0.741. The number of imidazole rings is 1. The summed E-state index contributed by atoms with van der Waals surface area (Å²) in [4.78, 5) is 16.7. The minimum absolute atomic E-state index is 0.199. The number of rotatable bonds is 4. The highest BCUT2D eigenvalue weighted by Crippen LogP contribution is 2.23. The van der Waals surface area contributed by atoms with Crippen LogP contribution in [-0.2, 0) is 13.0 Å². The van der Waals surface area contributed by atoms with Crippen molar-refractivity contribution in [2.24, 2.45) is 0 Å². The molecule has 96 valence electrons. The highest BCUT2D eigenvalue weighted by molar-refractivity contribution is 9.11. The van der Waals surface area contributed by atoms with Gasteiger partial charge in [-0.2, -0.15) is 5.10 Å². The molecule has 2 rings (SSSR count). The topological polar surface area (TPSA) is 52.2 Å². The predicted octanol–water partition coefficient (Wildman–Crippen LogP) is 2.55. The van der Waals surface area contributed by atoms with Gasteiger partial charge in [-0.3, -0.25) is 0 Å². The SMILES string of the molecule is C=CCn1nc(Br)c2c(Br)nc(CCC)n2c1=O. The van der Waals surface area contributed by atoms with Crippen molar-refractivity contribution in [3.8, 4) is 0 Å². The van der Waals surface area contributed by atoms with E-state index in [4.69, 9.17) is 0 Å². The summed E-state index contributed by atoms with van der Waals surface area (Å²) in [6, 6.07) is 0. The summed E-state index contributed by atoms with van der Waals surface area (Å²) in [6.45, 7) is 6.04. The second-order valence-corrected chi connectivity index (χ2v) is 5.30. The highest BCUT2D eigenvalue weighted by atomic mass is 79.9. The molecule has 0 bridgehead atoms. The van der Waals surface area contributed by atoms with Crippen molar-refractivity contribution in [1.82, 2.24) is 19.2 Å². The van der Waals surface area contributed by atoms with Crippen LogP contribution in [0.1, 0.15) is 19.2 Å². The number of aromatic nitrogens is 4. The Labute approximate surface area is 121 Å². The standard InChI is InChI=1S/C11H12Br2N4O/c1-3-5-7-14-9(12)8-10(13)15-16(6-4-2)11(18)17(7)8/h4H,2-3,5-6H2,1H3. The first-order valence-corrected chi connectivity index (χ1v) is 7.13. The fourth-order valence-corrected chi connectivity index (χ4v) is 3.16. The van der Waals surface area contributed by atoms with Gasteiger partial charge in [-0.25, -0.2) is 18.9 Å². The summed E-state index contributed by atoms with van der Waals surface area (Å²) in [5.41, 5.74) is 0.471. The molecule has 5 nitrogen and oxygen atoms in total. The molecule has 0 aromatic carbocycles. The normalized spacial score (nSPS) is 11.1. The number of allylic oxidation sites excluding steroid dienone is 1. The van der Waals surface area contributed by atoms with Crippen LogP contribution < -0.4 is 5.69 Å². The lowest BCUT2D eigenvalue weighted by atomic mass is 10.3. The van der Waals surface area contributed by atoms with Crippen LogP contribution in [0.3, 0.4) is 0 Å². The third-order valence-electron chi connectivity index (χ3n) is 2.50. The van der Waals surface area contributed by atoms with Crippen LogP contribution in [0.2, 0.25) is 0 Å². The second kappa shape index (κ2) is 5.36. The van der Waals surface area contributed by atoms with Crippen LogP contribution in [0.4, 0.5) is 0 Å². The summed E-state index contributed by atoms with van der Waals surface area (Å²) >= 11 is 6.74. The largest absolute Gasteiger partial charge is 0.350 e. The van der Waals surface area contributed by atoms with Crippen molar-refractivity contribution in [2.75, 3.05) is 0 Å². The van der Waals surface area contributed by atoms with Crippen LogP contribution in [0.5, 0.6) is 0 Å². The van der Waals surface area contributed by atoms with E-state index in [9.17, 15) is 4.79 Å². The molecule has 0 atom stereocenters. The molecule has 0 spiro atoms. The lowest BCUT2D eigenvalue weighted by Crippen LogP contribution is -2.29. The molecule has 0 fully saturated rings. The molecule has 0 unspecified atom stereocenters. The Morgan fingerprint density at radius 1 is 1.39 bits per heavy atom. The van der Waals surface area contributed by atoms with Crippen LogP contribution in [0.15, 0.2) is 26.7 Å². The molecular formula is C11H12Br2N4O. The number of hydrogen-bond acceptors (Lipinski definition) is 3. The fourth-order valence-electron chi connectivity index (χ4n) is 1.77. The van der Waals surface area contributed by atoms with Crippen molar-refractivity contribution >= 4 is 37.4 Å². The first kappa shape index (κ1) is 13.5. The molecule has 0 aliphatic rings. The monoisotopic (exact) mass is 374 g/mol. The van der Waals surface area contributed by atoms with Crippen molar-refractivity contribution in [2.45, 2.75) is 26.3 Å². The van der Waals surface area contributed by atoms with Gasteiger partial charge in [0.25, 0.3) is 0 Å². The van der Waals surface area contributed by atoms with E-state index in [1.165, 1.54) is 4.68 Å². The Bertz CT molecular complexity index is 659. The van der Waals surface area contributed by atoms with Crippen LogP contribution in [-0.4, -0.2) is 19.2 Å². The van der Waals surface area contributed by atoms with Crippen molar-refractivity contribution < 1.29 is 0 Å². The van der Waals surface area contributed by atoms with Gasteiger partial charge in [0.2, 0.25) is 0 Å². The molecule has 2 aromatic rings. The summed E-state index contributed by atoms with van der Waals surface area (Å²) < 4.78 is 4.17. The molecule has 0 saturated heterocycles. The van der Waals surface area contributed by atoms with E-state index in [1.807, 2.05) is 6.92 Å². The summed E-state index contributed by atoms with van der Waals surface area (Å²) in [6.07, 6.45) is 3.30. The minimum Gasteiger partial charge on any atom is -0.246 e. The number of fused-ring (bicyclic) bond motifs is 1. The van der Waals surface area contributed by atoms with E-state index in [-0.39, 0.29) is 5.69 Å². The van der Waals surface area contributed by atoms with E-state index in [0.717, 1.165) is 18.7 Å². The van der Waals surface area contributed by atoms with Gasteiger partial charge in [-0.1, -0.05) is 13.0 Å². The molecule has 0 aliphatic heterocycles. The summed E-state index contributed by atoms with van der Waals surface area (Å²) in [5, 5.41) is 4.18. The Morgan fingerprint density at radius 3 is 2.72 bits per heavy atom. The zero-order valence-electron chi connectivity index (χ0n) is 9.86. The van der Waals surface area contributed by atoms with E-state index in [2.05, 4.69) is 48.5 Å². The van der Waals surface area contributed by atoms with E-state index in [1.54, 1.807) is 10.5 Å². The van der Waals surface area contributed by atoms with Gasteiger partial charge >= 0.3 is 5.69 Å². The molecule has 0 saturated carbocycles. The van der Waals surface area contributed by atoms with Crippen molar-refractivity contribution in [3.63, 3.8) is 0 Å². The molecule has 0 aliphatic carbocycles. The van der Waals surface area contributed by atoms with Gasteiger partial charge in [-0.15, -0.1) is 6.58 Å². The van der Waals surface area contributed by atoms with Gasteiger partial charge in [0.05, 0.1) is 6.54 Å². The third kappa shape index (κ3) is 2.16. The molecule has 0 N–H and O–H groups in total. The predicted molar refractivity (Wildman–Crippen MR) is 76.8 cm³/mol. The van der Waals surface area contributed by atoms with Gasteiger partial charge in [-0.05, 0) is 38.3 Å². The molecule has 0 amide bonds. The first-order valence-electron chi connectivity index (χ1n) is 5.54. The number of halogens is 2. The van der Waals surface area contributed by atoms with Gasteiger partial charge in [0.15, 0.2) is 4.60 Å². The Kier molecular flexibility index (Phi) is 4.01. The molecule has 7 heteroatoms. The van der Waals surface area contributed by atoms with Gasteiger partial charge < -0.3 is 0 Å². The van der Waals surface area contributed by atoms with Crippen molar-refractivity contribution in [1.29, 1.82) is 0 Å². The lowest BCUT2D eigenvalue weighted by Gasteiger charge is -2.05. The molecule has 2 aromatic heterocycles. The van der Waals surface area contributed by atoms with Gasteiger partial charge in [0.1, 0.15) is 15.9 Å². The molecule has 0 radical (unpaired) electrons. The average molecular weight is 376 g/mol. The quantitative estimate of drug-likeness (QED) is 0.771. The second-order valence-electron chi connectivity index (χ2n) is 3.80. The summed E-state index contributed by atoms with van der Waals surface area (Å²) in [7, 11) is 0. The maximum absolute atomic E-state index is 12.3. The van der Waals surface area contributed by atoms with E-state index >= 15 is 0 Å². The fraction of sp³-hybridized carbons (Fsp3) is 0.364. The molecule has 2 heterocycles. The van der Waals surface area contributed by atoms with E-state index < -0.39 is 0 Å². The number of nitrogens with zero attached hydrogens (tertiary/aromatic N) is 4. The smallest absolute Gasteiger partial charge is 0.246 e. The maximum atomic E-state index is 12.3. The number of aryl methyl sites for hydroxylation is 1. The lowest BCUT2D eigenvalue weighted by molar-refractivity contribution is 0.602. The van der Waals surface area contributed by atoms with Crippen LogP contribution in [0.25, 0.3) is 5.52 Å². The van der Waals surface area contributed by atoms with Gasteiger partial charge in [0, 0.05) is 6.42 Å². The zero-order valence-corrected chi connectivity index (χ0v) is 13.0. The number of hydrogen-bond donors (Lipinski definition) is 0.